The highest BCUT2D eigenvalue weighted by Gasteiger charge is 2.50. The molecule has 0 radical (unpaired) electrons. The highest BCUT2D eigenvalue weighted by Crippen LogP contribution is 2.29. The van der Waals surface area contributed by atoms with Crippen LogP contribution in [0.2, 0.25) is 5.02 Å². The van der Waals surface area contributed by atoms with Gasteiger partial charge in [-0.25, -0.2) is 5.01 Å². The SMILES string of the molecule is CC1(CO)C(=O)NN(c2ccc(Cl)cc2)C1=O. The minimum Gasteiger partial charge on any atom is -0.395 e. The van der Waals surface area contributed by atoms with Gasteiger partial charge in [0.15, 0.2) is 5.41 Å². The number of rotatable bonds is 2. The Kier molecular flexibility index (Phi) is 2.81. The largest absolute Gasteiger partial charge is 0.395 e. The quantitative estimate of drug-likeness (QED) is 0.764. The van der Waals surface area contributed by atoms with Crippen LogP contribution >= 0.6 is 11.6 Å². The number of anilines is 1. The molecule has 1 aromatic carbocycles. The third-order valence-electron chi connectivity index (χ3n) is 2.79. The van der Waals surface area contributed by atoms with Gasteiger partial charge in [0, 0.05) is 5.02 Å². The summed E-state index contributed by atoms with van der Waals surface area (Å²) in [5.41, 5.74) is 1.51. The van der Waals surface area contributed by atoms with E-state index in [0.717, 1.165) is 5.01 Å². The van der Waals surface area contributed by atoms with E-state index in [9.17, 15) is 9.59 Å². The van der Waals surface area contributed by atoms with E-state index < -0.39 is 23.8 Å². The molecule has 17 heavy (non-hydrogen) atoms. The van der Waals surface area contributed by atoms with Gasteiger partial charge in [0.25, 0.3) is 11.8 Å². The van der Waals surface area contributed by atoms with E-state index >= 15 is 0 Å². The zero-order valence-corrected chi connectivity index (χ0v) is 9.86. The van der Waals surface area contributed by atoms with Gasteiger partial charge >= 0.3 is 0 Å². The van der Waals surface area contributed by atoms with Gasteiger partial charge in [0.05, 0.1) is 12.3 Å². The maximum Gasteiger partial charge on any atom is 0.263 e. The topological polar surface area (TPSA) is 69.6 Å². The van der Waals surface area contributed by atoms with Crippen molar-refractivity contribution in [3.8, 4) is 0 Å². The lowest BCUT2D eigenvalue weighted by Crippen LogP contribution is -2.37. The standard InChI is InChI=1S/C11H11ClN2O3/c1-11(6-15)9(16)13-14(10(11)17)8-4-2-7(12)3-5-8/h2-5,15H,6H2,1H3,(H,13,16). The number of carbonyl (C=O) groups excluding carboxylic acids is 2. The van der Waals surface area contributed by atoms with Crippen molar-refractivity contribution in [2.75, 3.05) is 11.6 Å². The van der Waals surface area contributed by atoms with E-state index in [0.29, 0.717) is 10.7 Å². The minimum absolute atomic E-state index is 0.479. The molecule has 1 heterocycles. The first-order valence-corrected chi connectivity index (χ1v) is 5.39. The van der Waals surface area contributed by atoms with E-state index in [1.54, 1.807) is 24.3 Å². The molecule has 1 atom stereocenters. The summed E-state index contributed by atoms with van der Waals surface area (Å²) in [7, 11) is 0. The van der Waals surface area contributed by atoms with E-state index in [4.69, 9.17) is 16.7 Å². The molecular formula is C11H11ClN2O3. The van der Waals surface area contributed by atoms with Crippen molar-refractivity contribution in [3.63, 3.8) is 0 Å². The lowest BCUT2D eigenvalue weighted by molar-refractivity contribution is -0.136. The fourth-order valence-electron chi connectivity index (χ4n) is 1.53. The molecule has 0 aromatic heterocycles. The van der Waals surface area contributed by atoms with Crippen molar-refractivity contribution in [2.45, 2.75) is 6.92 Å². The maximum absolute atomic E-state index is 12.0. The smallest absolute Gasteiger partial charge is 0.263 e. The lowest BCUT2D eigenvalue weighted by atomic mass is 9.91. The second-order valence-corrected chi connectivity index (χ2v) is 4.48. The number of nitrogens with one attached hydrogen (secondary N) is 1. The molecule has 2 rings (SSSR count). The molecule has 1 aromatic rings. The van der Waals surface area contributed by atoms with Crippen molar-refractivity contribution in [2.24, 2.45) is 5.41 Å². The van der Waals surface area contributed by atoms with Crippen molar-refractivity contribution in [1.29, 1.82) is 0 Å². The van der Waals surface area contributed by atoms with E-state index in [2.05, 4.69) is 5.43 Å². The van der Waals surface area contributed by atoms with Crippen LogP contribution in [0, 0.1) is 5.41 Å². The molecule has 1 unspecified atom stereocenters. The number of hydrogen-bond donors (Lipinski definition) is 2. The van der Waals surface area contributed by atoms with Crippen molar-refractivity contribution in [3.05, 3.63) is 29.3 Å². The number of nitrogens with zero attached hydrogens (tertiary/aromatic N) is 1. The van der Waals surface area contributed by atoms with Crippen LogP contribution in [-0.4, -0.2) is 23.5 Å². The summed E-state index contributed by atoms with van der Waals surface area (Å²) in [6.45, 7) is 0.877. The third kappa shape index (κ3) is 1.77. The summed E-state index contributed by atoms with van der Waals surface area (Å²) in [6, 6.07) is 6.46. The van der Waals surface area contributed by atoms with Gasteiger partial charge in [-0.05, 0) is 31.2 Å². The average Bonchev–Trinajstić information content (AvgIpc) is 2.55. The first kappa shape index (κ1) is 11.9. The number of hydrogen-bond acceptors (Lipinski definition) is 3. The van der Waals surface area contributed by atoms with Crippen LogP contribution in [0.25, 0.3) is 0 Å². The lowest BCUT2D eigenvalue weighted by Gasteiger charge is -2.17. The highest BCUT2D eigenvalue weighted by atomic mass is 35.5. The molecule has 1 aliphatic rings. The van der Waals surface area contributed by atoms with Crippen LogP contribution in [0.5, 0.6) is 0 Å². The summed E-state index contributed by atoms with van der Waals surface area (Å²) in [5.74, 6) is -0.993. The number of benzene rings is 1. The minimum atomic E-state index is -1.42. The van der Waals surface area contributed by atoms with Crippen LogP contribution in [-0.2, 0) is 9.59 Å². The molecular weight excluding hydrogens is 244 g/mol. The normalized spacial score (nSPS) is 24.1. The zero-order chi connectivity index (χ0) is 12.6. The van der Waals surface area contributed by atoms with Gasteiger partial charge in [-0.15, -0.1) is 0 Å². The van der Waals surface area contributed by atoms with Gasteiger partial charge in [-0.3, -0.25) is 15.0 Å². The Morgan fingerprint density at radius 3 is 2.41 bits per heavy atom. The number of aliphatic hydroxyl groups is 1. The molecule has 1 aliphatic heterocycles. The Labute approximate surface area is 103 Å². The second-order valence-electron chi connectivity index (χ2n) is 4.05. The van der Waals surface area contributed by atoms with Crippen LogP contribution in [0.4, 0.5) is 5.69 Å². The Bertz CT molecular complexity index is 474. The monoisotopic (exact) mass is 254 g/mol. The molecule has 1 saturated heterocycles. The predicted octanol–water partition coefficient (Wildman–Crippen LogP) is 0.716. The summed E-state index contributed by atoms with van der Waals surface area (Å²) in [4.78, 5) is 23.6. The molecule has 0 bridgehead atoms. The van der Waals surface area contributed by atoms with E-state index in [1.807, 2.05) is 0 Å². The summed E-state index contributed by atoms with van der Waals surface area (Å²) in [6.07, 6.45) is 0. The Balaban J connectivity index is 2.34. The first-order valence-electron chi connectivity index (χ1n) is 5.01. The van der Waals surface area contributed by atoms with Gasteiger partial charge in [-0.1, -0.05) is 11.6 Å². The second kappa shape index (κ2) is 4.01. The molecule has 90 valence electrons. The van der Waals surface area contributed by atoms with Crippen LogP contribution in [0.15, 0.2) is 24.3 Å². The molecule has 0 aliphatic carbocycles. The number of amides is 2. The molecule has 5 nitrogen and oxygen atoms in total. The molecule has 2 N–H and O–H groups in total. The van der Waals surface area contributed by atoms with Crippen molar-refractivity contribution >= 4 is 29.1 Å². The fourth-order valence-corrected chi connectivity index (χ4v) is 1.66. The van der Waals surface area contributed by atoms with Crippen molar-refractivity contribution in [1.82, 2.24) is 5.43 Å². The average molecular weight is 255 g/mol. The van der Waals surface area contributed by atoms with Crippen LogP contribution in [0.3, 0.4) is 0 Å². The molecule has 1 fully saturated rings. The number of carbonyl (C=O) groups is 2. The zero-order valence-electron chi connectivity index (χ0n) is 9.11. The number of hydrazine groups is 1. The van der Waals surface area contributed by atoms with Crippen molar-refractivity contribution < 1.29 is 14.7 Å². The predicted molar refractivity (Wildman–Crippen MR) is 62.3 cm³/mol. The van der Waals surface area contributed by atoms with Gasteiger partial charge in [0.2, 0.25) is 0 Å². The molecule has 0 spiro atoms. The highest BCUT2D eigenvalue weighted by molar-refractivity contribution is 6.30. The van der Waals surface area contributed by atoms with Crippen LogP contribution < -0.4 is 10.4 Å². The Hall–Kier alpha value is -1.59. The number of aliphatic hydroxyl groups excluding tert-OH is 1. The van der Waals surface area contributed by atoms with Crippen LogP contribution in [0.1, 0.15) is 6.92 Å². The molecule has 6 heteroatoms. The summed E-state index contributed by atoms with van der Waals surface area (Å²) < 4.78 is 0. The van der Waals surface area contributed by atoms with E-state index in [-0.39, 0.29) is 0 Å². The first-order chi connectivity index (χ1) is 7.99. The number of halogens is 1. The van der Waals surface area contributed by atoms with Gasteiger partial charge < -0.3 is 5.11 Å². The Morgan fingerprint density at radius 1 is 1.35 bits per heavy atom. The molecule has 0 saturated carbocycles. The fraction of sp³-hybridized carbons (Fsp3) is 0.273. The van der Waals surface area contributed by atoms with E-state index in [1.165, 1.54) is 6.92 Å². The third-order valence-corrected chi connectivity index (χ3v) is 3.04. The summed E-state index contributed by atoms with van der Waals surface area (Å²) >= 11 is 5.74. The maximum atomic E-state index is 12.0. The summed E-state index contributed by atoms with van der Waals surface area (Å²) in [5, 5.41) is 10.8. The van der Waals surface area contributed by atoms with Gasteiger partial charge in [0.1, 0.15) is 0 Å². The van der Waals surface area contributed by atoms with Gasteiger partial charge in [-0.2, -0.15) is 0 Å². The Morgan fingerprint density at radius 2 is 1.94 bits per heavy atom. The molecule has 2 amide bonds.